The average Bonchev–Trinajstić information content (AvgIpc) is 2.27. The molecule has 15 heavy (non-hydrogen) atoms. The van der Waals surface area contributed by atoms with E-state index in [-0.39, 0.29) is 11.9 Å². The zero-order valence-electron chi connectivity index (χ0n) is 8.81. The molecule has 0 amide bonds. The Hall–Kier alpha value is -1.68. The van der Waals surface area contributed by atoms with E-state index >= 15 is 0 Å². The molecule has 1 aromatic carbocycles. The molecule has 0 aromatic heterocycles. The maximum atomic E-state index is 5.37. The first-order valence-corrected chi connectivity index (χ1v) is 4.84. The largest absolute Gasteiger partial charge is 0.392 e. The molecule has 0 saturated carbocycles. The fraction of sp³-hybridized carbons (Fsp3) is 0.273. The van der Waals surface area contributed by atoms with Crippen molar-refractivity contribution in [3.63, 3.8) is 0 Å². The Balaban J connectivity index is 2.40. The fourth-order valence-electron chi connectivity index (χ4n) is 1.28. The molecular weight excluding hydrogens is 190 g/mol. The van der Waals surface area contributed by atoms with Crippen LogP contribution in [0, 0.1) is 0 Å². The van der Waals surface area contributed by atoms with Crippen molar-refractivity contribution in [2.45, 2.75) is 19.4 Å². The van der Waals surface area contributed by atoms with E-state index in [0.29, 0.717) is 0 Å². The van der Waals surface area contributed by atoms with Crippen LogP contribution in [-0.4, -0.2) is 6.04 Å². The molecule has 0 fully saturated rings. The molecule has 1 atom stereocenters. The number of benzene rings is 1. The molecule has 82 valence electrons. The maximum Gasteiger partial charge on any atom is 0.224 e. The number of hydrogen-bond donors (Lipinski definition) is 3. The fourth-order valence-corrected chi connectivity index (χ4v) is 1.28. The summed E-state index contributed by atoms with van der Waals surface area (Å²) in [6, 6.07) is 10.5. The molecule has 0 bridgehead atoms. The Morgan fingerprint density at radius 3 is 2.73 bits per heavy atom. The molecule has 0 aliphatic rings. The quantitative estimate of drug-likeness (QED) is 0.494. The average molecular weight is 207 g/mol. The molecule has 4 heteroatoms. The van der Waals surface area contributed by atoms with Gasteiger partial charge in [-0.3, -0.25) is 0 Å². The van der Waals surface area contributed by atoms with Crippen molar-refractivity contribution in [2.24, 2.45) is 11.6 Å². The third-order valence-corrected chi connectivity index (χ3v) is 2.03. The zero-order valence-corrected chi connectivity index (χ0v) is 8.81. The second-order valence-corrected chi connectivity index (χ2v) is 3.42. The lowest BCUT2D eigenvalue weighted by Gasteiger charge is -2.12. The number of nitrogens with two attached hydrogens (primary N) is 2. The van der Waals surface area contributed by atoms with E-state index in [1.165, 1.54) is 5.56 Å². The number of hydrogen-bond acceptors (Lipinski definition) is 4. The molecule has 1 unspecified atom stereocenters. The molecule has 0 aliphatic carbocycles. The van der Waals surface area contributed by atoms with Gasteiger partial charge in [-0.2, -0.15) is 5.90 Å². The van der Waals surface area contributed by atoms with Crippen molar-refractivity contribution < 1.29 is 4.84 Å². The monoisotopic (exact) mass is 207 g/mol. The van der Waals surface area contributed by atoms with Crippen molar-refractivity contribution in [2.75, 3.05) is 0 Å². The van der Waals surface area contributed by atoms with E-state index in [1.807, 2.05) is 18.2 Å². The highest BCUT2D eigenvalue weighted by atomic mass is 16.6. The molecule has 0 spiro atoms. The van der Waals surface area contributed by atoms with E-state index in [4.69, 9.17) is 11.6 Å². The molecule has 5 N–H and O–H groups in total. The van der Waals surface area contributed by atoms with Gasteiger partial charge < -0.3 is 15.9 Å². The predicted molar refractivity (Wildman–Crippen MR) is 60.3 cm³/mol. The SMILES string of the molecule is CC(Cc1ccccc1)N/C=C(/N)ON. The van der Waals surface area contributed by atoms with Crippen molar-refractivity contribution in [1.29, 1.82) is 0 Å². The summed E-state index contributed by atoms with van der Waals surface area (Å²) in [7, 11) is 0. The van der Waals surface area contributed by atoms with E-state index in [1.54, 1.807) is 6.20 Å². The highest BCUT2D eigenvalue weighted by molar-refractivity contribution is 5.15. The first kappa shape index (κ1) is 11.4. The summed E-state index contributed by atoms with van der Waals surface area (Å²) in [4.78, 5) is 4.33. The van der Waals surface area contributed by atoms with Gasteiger partial charge in [0.15, 0.2) is 0 Å². The van der Waals surface area contributed by atoms with Crippen LogP contribution in [0.15, 0.2) is 42.4 Å². The van der Waals surface area contributed by atoms with Gasteiger partial charge >= 0.3 is 0 Å². The first-order valence-electron chi connectivity index (χ1n) is 4.84. The molecule has 0 saturated heterocycles. The molecule has 4 nitrogen and oxygen atoms in total. The number of rotatable bonds is 5. The van der Waals surface area contributed by atoms with E-state index in [9.17, 15) is 0 Å². The van der Waals surface area contributed by atoms with Crippen LogP contribution in [0.1, 0.15) is 12.5 Å². The minimum Gasteiger partial charge on any atom is -0.392 e. The Morgan fingerprint density at radius 2 is 2.13 bits per heavy atom. The summed E-state index contributed by atoms with van der Waals surface area (Å²) < 4.78 is 0. The third-order valence-electron chi connectivity index (χ3n) is 2.03. The first-order chi connectivity index (χ1) is 7.22. The molecule has 0 heterocycles. The summed E-state index contributed by atoms with van der Waals surface area (Å²) in [5.41, 5.74) is 6.64. The molecule has 1 aromatic rings. The van der Waals surface area contributed by atoms with Crippen molar-refractivity contribution in [3.05, 3.63) is 48.0 Å². The van der Waals surface area contributed by atoms with E-state index < -0.39 is 0 Å². The van der Waals surface area contributed by atoms with Crippen LogP contribution in [0.2, 0.25) is 0 Å². The van der Waals surface area contributed by atoms with Gasteiger partial charge in [0, 0.05) is 6.04 Å². The molecule has 0 radical (unpaired) electrons. The van der Waals surface area contributed by atoms with E-state index in [0.717, 1.165) is 6.42 Å². The Labute approximate surface area is 89.9 Å². The third kappa shape index (κ3) is 4.37. The van der Waals surface area contributed by atoms with Gasteiger partial charge in [-0.15, -0.1) is 0 Å². The maximum absolute atomic E-state index is 5.37. The Morgan fingerprint density at radius 1 is 1.47 bits per heavy atom. The summed E-state index contributed by atoms with van der Waals surface area (Å²) in [6.45, 7) is 2.06. The second kappa shape index (κ2) is 5.93. The molecule has 1 rings (SSSR count). The highest BCUT2D eigenvalue weighted by Crippen LogP contribution is 2.02. The molecular formula is C11H17N3O. The van der Waals surface area contributed by atoms with Crippen LogP contribution in [0.4, 0.5) is 0 Å². The van der Waals surface area contributed by atoms with Crippen LogP contribution in [0.3, 0.4) is 0 Å². The van der Waals surface area contributed by atoms with Crippen molar-refractivity contribution in [1.82, 2.24) is 5.32 Å². The smallest absolute Gasteiger partial charge is 0.224 e. The highest BCUT2D eigenvalue weighted by Gasteiger charge is 2.00. The summed E-state index contributed by atoms with van der Waals surface area (Å²) in [6.07, 6.45) is 2.49. The lowest BCUT2D eigenvalue weighted by molar-refractivity contribution is 0.215. The van der Waals surface area contributed by atoms with Gasteiger partial charge in [0.1, 0.15) is 0 Å². The summed E-state index contributed by atoms with van der Waals surface area (Å²) in [5, 5.41) is 3.09. The normalized spacial score (nSPS) is 13.3. The Kier molecular flexibility index (Phi) is 4.50. The summed E-state index contributed by atoms with van der Waals surface area (Å²) >= 11 is 0. The van der Waals surface area contributed by atoms with Gasteiger partial charge in [-0.25, -0.2) is 0 Å². The standard InChI is InChI=1S/C11H17N3O/c1-9(14-8-11(12)15-13)7-10-5-3-2-4-6-10/h2-6,8-9,14H,7,12-13H2,1H3/b11-8-. The van der Waals surface area contributed by atoms with Gasteiger partial charge in [-0.05, 0) is 18.9 Å². The van der Waals surface area contributed by atoms with Crippen molar-refractivity contribution >= 4 is 0 Å². The van der Waals surface area contributed by atoms with Crippen LogP contribution in [0.5, 0.6) is 0 Å². The van der Waals surface area contributed by atoms with Gasteiger partial charge in [0.2, 0.25) is 5.88 Å². The topological polar surface area (TPSA) is 73.3 Å². The predicted octanol–water partition coefficient (Wildman–Crippen LogP) is 0.855. The van der Waals surface area contributed by atoms with Crippen LogP contribution < -0.4 is 16.9 Å². The molecule has 0 aliphatic heterocycles. The van der Waals surface area contributed by atoms with Crippen LogP contribution in [-0.2, 0) is 11.3 Å². The minimum atomic E-state index is 0.176. The van der Waals surface area contributed by atoms with Crippen LogP contribution >= 0.6 is 0 Å². The Bertz CT molecular complexity index is 311. The van der Waals surface area contributed by atoms with Crippen LogP contribution in [0.25, 0.3) is 0 Å². The van der Waals surface area contributed by atoms with Gasteiger partial charge in [0.05, 0.1) is 6.20 Å². The van der Waals surface area contributed by atoms with Gasteiger partial charge in [-0.1, -0.05) is 30.3 Å². The van der Waals surface area contributed by atoms with Crippen molar-refractivity contribution in [3.8, 4) is 0 Å². The van der Waals surface area contributed by atoms with E-state index in [2.05, 4.69) is 29.2 Å². The number of nitrogens with one attached hydrogen (secondary N) is 1. The van der Waals surface area contributed by atoms with Gasteiger partial charge in [0.25, 0.3) is 0 Å². The lowest BCUT2D eigenvalue weighted by atomic mass is 10.1. The second-order valence-electron chi connectivity index (χ2n) is 3.42. The summed E-state index contributed by atoms with van der Waals surface area (Å²) in [5.74, 6) is 5.05. The minimum absolute atomic E-state index is 0.176. The lowest BCUT2D eigenvalue weighted by Crippen LogP contribution is -2.25. The zero-order chi connectivity index (χ0) is 11.1.